The van der Waals surface area contributed by atoms with E-state index in [0.717, 1.165) is 45.1 Å². The van der Waals surface area contributed by atoms with Crippen molar-refractivity contribution in [2.45, 2.75) is 64.3 Å². The second-order valence-electron chi connectivity index (χ2n) is 5.83. The first-order valence-electron chi connectivity index (χ1n) is 9.22. The molecule has 1 saturated heterocycles. The number of unbranched alkanes of at least 4 members (excludes halogenated alkanes) is 1. The van der Waals surface area contributed by atoms with Crippen molar-refractivity contribution in [3.8, 4) is 23.7 Å². The fourth-order valence-electron chi connectivity index (χ4n) is 2.22. The van der Waals surface area contributed by atoms with Gasteiger partial charge in [-0.3, -0.25) is 0 Å². The fourth-order valence-corrected chi connectivity index (χ4v) is 2.22. The van der Waals surface area contributed by atoms with Gasteiger partial charge in [0.15, 0.2) is 6.29 Å². The van der Waals surface area contributed by atoms with E-state index in [-0.39, 0.29) is 12.4 Å². The summed E-state index contributed by atoms with van der Waals surface area (Å²) in [6.07, 6.45) is 17.4. The number of ether oxygens (including phenoxy) is 2. The van der Waals surface area contributed by atoms with Crippen molar-refractivity contribution < 1.29 is 14.6 Å². The molecule has 136 valence electrons. The van der Waals surface area contributed by atoms with Crippen molar-refractivity contribution in [1.29, 1.82) is 0 Å². The molecular formula is C22H30O3. The van der Waals surface area contributed by atoms with Crippen LogP contribution in [-0.4, -0.2) is 30.7 Å². The Morgan fingerprint density at radius 2 is 2.08 bits per heavy atom. The van der Waals surface area contributed by atoms with Crippen molar-refractivity contribution >= 4 is 0 Å². The Morgan fingerprint density at radius 3 is 2.88 bits per heavy atom. The highest BCUT2D eigenvalue weighted by molar-refractivity contribution is 5.32. The van der Waals surface area contributed by atoms with Gasteiger partial charge in [0.05, 0.1) is 12.7 Å². The second-order valence-corrected chi connectivity index (χ2v) is 5.83. The third-order valence-electron chi connectivity index (χ3n) is 3.54. The van der Waals surface area contributed by atoms with Crippen LogP contribution in [0.2, 0.25) is 0 Å². The maximum atomic E-state index is 9.50. The molecule has 1 N–H and O–H groups in total. The Balaban J connectivity index is 2.05. The van der Waals surface area contributed by atoms with Gasteiger partial charge in [-0.15, -0.1) is 0 Å². The monoisotopic (exact) mass is 342 g/mol. The second kappa shape index (κ2) is 15.7. The molecule has 1 aliphatic heterocycles. The minimum atomic E-state index is -0.353. The summed E-state index contributed by atoms with van der Waals surface area (Å²) >= 11 is 0. The molecule has 0 aromatic heterocycles. The third-order valence-corrected chi connectivity index (χ3v) is 3.54. The topological polar surface area (TPSA) is 38.7 Å². The lowest BCUT2D eigenvalue weighted by Gasteiger charge is -2.22. The number of hydrogen-bond donors (Lipinski definition) is 1. The summed E-state index contributed by atoms with van der Waals surface area (Å²) in [5.74, 6) is 11.5. The van der Waals surface area contributed by atoms with Crippen LogP contribution < -0.4 is 0 Å². The molecule has 0 amide bonds. The Morgan fingerprint density at radius 1 is 1.20 bits per heavy atom. The summed E-state index contributed by atoms with van der Waals surface area (Å²) in [5, 5.41) is 9.50. The van der Waals surface area contributed by atoms with Gasteiger partial charge in [0.25, 0.3) is 0 Å². The Kier molecular flexibility index (Phi) is 13.4. The van der Waals surface area contributed by atoms with E-state index < -0.39 is 0 Å². The molecule has 0 spiro atoms. The Labute approximate surface area is 152 Å². The molecule has 0 aromatic carbocycles. The molecule has 3 heteroatoms. The van der Waals surface area contributed by atoms with E-state index in [9.17, 15) is 5.11 Å². The van der Waals surface area contributed by atoms with Gasteiger partial charge >= 0.3 is 0 Å². The van der Waals surface area contributed by atoms with Crippen molar-refractivity contribution in [1.82, 2.24) is 0 Å². The van der Waals surface area contributed by atoms with Crippen molar-refractivity contribution in [2.75, 3.05) is 13.2 Å². The predicted molar refractivity (Wildman–Crippen MR) is 103 cm³/mol. The molecule has 1 fully saturated rings. The quantitative estimate of drug-likeness (QED) is 0.389. The average molecular weight is 342 g/mol. The summed E-state index contributed by atoms with van der Waals surface area (Å²) < 4.78 is 11.1. The van der Waals surface area contributed by atoms with Gasteiger partial charge < -0.3 is 14.6 Å². The van der Waals surface area contributed by atoms with Gasteiger partial charge in [-0.2, -0.15) is 0 Å². The molecule has 0 radical (unpaired) electrons. The zero-order valence-corrected chi connectivity index (χ0v) is 15.2. The van der Waals surface area contributed by atoms with Crippen LogP contribution >= 0.6 is 0 Å². The summed E-state index contributed by atoms with van der Waals surface area (Å²) in [6.45, 7) is 3.56. The molecule has 0 aromatic rings. The lowest BCUT2D eigenvalue weighted by molar-refractivity contribution is -0.162. The highest BCUT2D eigenvalue weighted by Gasteiger charge is 2.12. The Bertz CT molecular complexity index is 531. The predicted octanol–water partition coefficient (Wildman–Crippen LogP) is 4.15. The van der Waals surface area contributed by atoms with Gasteiger partial charge in [0.2, 0.25) is 0 Å². The minimum absolute atomic E-state index is 0.00977. The van der Waals surface area contributed by atoms with Crippen LogP contribution in [0.3, 0.4) is 0 Å². The third kappa shape index (κ3) is 13.2. The normalized spacial score (nSPS) is 18.9. The van der Waals surface area contributed by atoms with Crippen molar-refractivity contribution in [2.24, 2.45) is 0 Å². The lowest BCUT2D eigenvalue weighted by Crippen LogP contribution is -2.22. The Hall–Kier alpha value is -1.78. The van der Waals surface area contributed by atoms with Crippen molar-refractivity contribution in [3.05, 3.63) is 36.5 Å². The summed E-state index contributed by atoms with van der Waals surface area (Å²) in [6, 6.07) is 0. The van der Waals surface area contributed by atoms with Crippen LogP contribution in [0.15, 0.2) is 36.5 Å². The van der Waals surface area contributed by atoms with Gasteiger partial charge in [0, 0.05) is 13.0 Å². The summed E-state index contributed by atoms with van der Waals surface area (Å²) in [4.78, 5) is 0. The molecule has 25 heavy (non-hydrogen) atoms. The standard InChI is InChI=1S/C22H30O3/c1-2-16-21(23)17-12-10-8-6-4-3-5-7-9-11-14-19-24-22-18-13-15-20-25-22/h4,6,8,10,12,17,21-23H,2,11,13-16,18-20H2,1H3/b6-4+,10-8+,17-12+. The van der Waals surface area contributed by atoms with Gasteiger partial charge in [0.1, 0.15) is 0 Å². The molecule has 2 unspecified atom stereocenters. The molecule has 2 atom stereocenters. The zero-order chi connectivity index (χ0) is 18.0. The number of aliphatic hydroxyl groups excluding tert-OH is 1. The maximum absolute atomic E-state index is 9.50. The molecule has 0 saturated carbocycles. The van der Waals surface area contributed by atoms with Crippen LogP contribution in [-0.2, 0) is 9.47 Å². The van der Waals surface area contributed by atoms with Gasteiger partial charge in [-0.05, 0) is 50.0 Å². The molecule has 1 rings (SSSR count). The van der Waals surface area contributed by atoms with Crippen LogP contribution in [0.4, 0.5) is 0 Å². The van der Waals surface area contributed by atoms with Crippen LogP contribution in [0.5, 0.6) is 0 Å². The van der Waals surface area contributed by atoms with Crippen LogP contribution in [0.25, 0.3) is 0 Å². The largest absolute Gasteiger partial charge is 0.389 e. The minimum Gasteiger partial charge on any atom is -0.389 e. The number of aliphatic hydroxyl groups is 1. The maximum Gasteiger partial charge on any atom is 0.157 e. The summed E-state index contributed by atoms with van der Waals surface area (Å²) in [5.41, 5.74) is 0. The number of allylic oxidation sites excluding steroid dienone is 5. The first-order chi connectivity index (χ1) is 12.3. The van der Waals surface area contributed by atoms with E-state index in [1.165, 1.54) is 6.42 Å². The van der Waals surface area contributed by atoms with Gasteiger partial charge in [-0.25, -0.2) is 0 Å². The van der Waals surface area contributed by atoms with E-state index in [2.05, 4.69) is 30.6 Å². The number of rotatable bonds is 9. The van der Waals surface area contributed by atoms with Crippen LogP contribution in [0.1, 0.15) is 51.9 Å². The first kappa shape index (κ1) is 21.3. The molecule has 3 nitrogen and oxygen atoms in total. The molecule has 1 aliphatic rings. The smallest absolute Gasteiger partial charge is 0.157 e. The van der Waals surface area contributed by atoms with Crippen LogP contribution in [0, 0.1) is 23.7 Å². The van der Waals surface area contributed by atoms with E-state index in [1.807, 2.05) is 24.3 Å². The van der Waals surface area contributed by atoms with E-state index in [1.54, 1.807) is 12.2 Å². The fraction of sp³-hybridized carbons (Fsp3) is 0.545. The van der Waals surface area contributed by atoms with E-state index >= 15 is 0 Å². The SMILES string of the molecule is CCCC(O)/C=C/C=C/C=C/C#CC#CCCCOC1CCCCO1. The van der Waals surface area contributed by atoms with Crippen molar-refractivity contribution in [3.63, 3.8) is 0 Å². The number of hydrogen-bond acceptors (Lipinski definition) is 3. The molecule has 0 aliphatic carbocycles. The molecular weight excluding hydrogens is 312 g/mol. The zero-order valence-electron chi connectivity index (χ0n) is 15.2. The highest BCUT2D eigenvalue weighted by atomic mass is 16.7. The molecule has 1 heterocycles. The highest BCUT2D eigenvalue weighted by Crippen LogP contribution is 2.13. The van der Waals surface area contributed by atoms with Gasteiger partial charge in [-0.1, -0.05) is 55.6 Å². The lowest BCUT2D eigenvalue weighted by atomic mass is 10.2. The first-order valence-corrected chi connectivity index (χ1v) is 9.22. The average Bonchev–Trinajstić information content (AvgIpc) is 2.63. The molecule has 0 bridgehead atoms. The van der Waals surface area contributed by atoms with E-state index in [4.69, 9.17) is 9.47 Å². The summed E-state index contributed by atoms with van der Waals surface area (Å²) in [7, 11) is 0. The van der Waals surface area contributed by atoms with E-state index in [0.29, 0.717) is 6.61 Å².